The molecule has 6 nitrogen and oxygen atoms in total. The number of benzene rings is 1. The first-order valence-corrected chi connectivity index (χ1v) is 9.34. The van der Waals surface area contributed by atoms with Crippen LogP contribution in [0.3, 0.4) is 0 Å². The second-order valence-corrected chi connectivity index (χ2v) is 7.91. The van der Waals surface area contributed by atoms with Crippen LogP contribution in [0.25, 0.3) is 0 Å². The number of hydrogen-bond acceptors (Lipinski definition) is 4. The molecular formula is C20H30FN3O3. The van der Waals surface area contributed by atoms with Gasteiger partial charge in [-0.25, -0.2) is 4.39 Å². The van der Waals surface area contributed by atoms with E-state index < -0.39 is 11.5 Å². The number of carbonyl (C=O) groups excluding carboxylic acids is 2. The Labute approximate surface area is 160 Å². The molecule has 0 bridgehead atoms. The van der Waals surface area contributed by atoms with E-state index in [2.05, 4.69) is 15.5 Å². The monoisotopic (exact) mass is 379 g/mol. The van der Waals surface area contributed by atoms with E-state index in [1.54, 1.807) is 39.8 Å². The summed E-state index contributed by atoms with van der Waals surface area (Å²) >= 11 is 0. The maximum absolute atomic E-state index is 13.3. The summed E-state index contributed by atoms with van der Waals surface area (Å²) in [6.07, 6.45) is 0. The molecule has 2 N–H and O–H groups in total. The molecule has 1 fully saturated rings. The zero-order chi connectivity index (χ0) is 20.0. The van der Waals surface area contributed by atoms with Crippen LogP contribution in [0, 0.1) is 11.2 Å². The molecule has 7 heteroatoms. The summed E-state index contributed by atoms with van der Waals surface area (Å²) in [4.78, 5) is 26.7. The highest BCUT2D eigenvalue weighted by Gasteiger charge is 2.27. The molecule has 2 amide bonds. The van der Waals surface area contributed by atoms with Crippen LogP contribution in [-0.2, 0) is 14.3 Å². The Hall–Kier alpha value is -1.99. The molecule has 1 aliphatic heterocycles. The van der Waals surface area contributed by atoms with Crippen LogP contribution in [-0.4, -0.2) is 55.6 Å². The van der Waals surface area contributed by atoms with Crippen molar-refractivity contribution in [2.45, 2.75) is 39.8 Å². The van der Waals surface area contributed by atoms with Crippen molar-refractivity contribution >= 4 is 11.8 Å². The number of rotatable bonds is 6. The number of nitrogens with zero attached hydrogens (tertiary/aromatic N) is 1. The lowest BCUT2D eigenvalue weighted by Gasteiger charge is -2.35. The van der Waals surface area contributed by atoms with Crippen LogP contribution in [0.1, 0.15) is 39.3 Å². The van der Waals surface area contributed by atoms with Crippen LogP contribution in [0.2, 0.25) is 0 Å². The van der Waals surface area contributed by atoms with E-state index >= 15 is 0 Å². The molecule has 0 aliphatic carbocycles. The molecule has 150 valence electrons. The average molecular weight is 379 g/mol. The molecule has 1 aromatic rings. The molecule has 2 rings (SSSR count). The number of nitrogens with one attached hydrogen (secondary N) is 2. The van der Waals surface area contributed by atoms with Crippen molar-refractivity contribution in [3.05, 3.63) is 35.6 Å². The number of amides is 2. The fraction of sp³-hybridized carbons (Fsp3) is 0.600. The van der Waals surface area contributed by atoms with E-state index in [1.807, 2.05) is 0 Å². The van der Waals surface area contributed by atoms with E-state index in [-0.39, 0.29) is 23.7 Å². The third-order valence-corrected chi connectivity index (χ3v) is 4.63. The fourth-order valence-electron chi connectivity index (χ4n) is 2.86. The molecule has 1 aromatic carbocycles. The number of ether oxygens (including phenoxy) is 1. The van der Waals surface area contributed by atoms with Crippen molar-refractivity contribution in [2.75, 3.05) is 32.8 Å². The van der Waals surface area contributed by atoms with Crippen molar-refractivity contribution in [1.29, 1.82) is 0 Å². The predicted molar refractivity (Wildman–Crippen MR) is 102 cm³/mol. The van der Waals surface area contributed by atoms with Crippen molar-refractivity contribution in [2.24, 2.45) is 5.41 Å². The zero-order valence-electron chi connectivity index (χ0n) is 16.5. The third kappa shape index (κ3) is 6.29. The second kappa shape index (κ2) is 9.28. The molecule has 0 spiro atoms. The zero-order valence-corrected chi connectivity index (χ0v) is 16.5. The maximum atomic E-state index is 13.3. The van der Waals surface area contributed by atoms with Crippen LogP contribution in [0.15, 0.2) is 24.3 Å². The summed E-state index contributed by atoms with van der Waals surface area (Å²) < 4.78 is 18.7. The first kappa shape index (κ1) is 21.3. The molecule has 27 heavy (non-hydrogen) atoms. The third-order valence-electron chi connectivity index (χ3n) is 4.63. The van der Waals surface area contributed by atoms with E-state index in [9.17, 15) is 14.0 Å². The highest BCUT2D eigenvalue weighted by molar-refractivity contribution is 5.89. The Morgan fingerprint density at radius 1 is 1.19 bits per heavy atom. The molecule has 0 aromatic heterocycles. The van der Waals surface area contributed by atoms with Gasteiger partial charge in [-0.15, -0.1) is 0 Å². The highest BCUT2D eigenvalue weighted by atomic mass is 19.1. The Balaban J connectivity index is 2.01. The van der Waals surface area contributed by atoms with Gasteiger partial charge in [0, 0.05) is 25.0 Å². The number of carbonyl (C=O) groups is 2. The summed E-state index contributed by atoms with van der Waals surface area (Å²) in [5.74, 6) is -0.705. The Morgan fingerprint density at radius 2 is 1.78 bits per heavy atom. The summed E-state index contributed by atoms with van der Waals surface area (Å²) in [6.45, 7) is 10.2. The van der Waals surface area contributed by atoms with E-state index in [4.69, 9.17) is 4.74 Å². The lowest BCUT2D eigenvalue weighted by Crippen LogP contribution is -2.50. The quantitative estimate of drug-likeness (QED) is 0.792. The highest BCUT2D eigenvalue weighted by Crippen LogP contribution is 2.21. The van der Waals surface area contributed by atoms with E-state index in [0.29, 0.717) is 19.8 Å². The minimum absolute atomic E-state index is 0.0797. The van der Waals surface area contributed by atoms with Gasteiger partial charge in [0.2, 0.25) is 11.8 Å². The van der Waals surface area contributed by atoms with Gasteiger partial charge in [0.05, 0.1) is 19.3 Å². The van der Waals surface area contributed by atoms with Crippen molar-refractivity contribution in [3.8, 4) is 0 Å². The standard InChI is InChI=1S/C20H30FN3O3/c1-14(23-19(26)20(2,3)4)18(25)22-13-17(24-9-11-27-12-10-24)15-5-7-16(21)8-6-15/h5-8,14,17H,9-13H2,1-4H3,(H,22,25)(H,23,26). The molecule has 1 saturated heterocycles. The SMILES string of the molecule is CC(NC(=O)C(C)(C)C)C(=O)NCC(c1ccc(F)cc1)N1CCOCC1. The van der Waals surface area contributed by atoms with Crippen LogP contribution >= 0.6 is 0 Å². The fourth-order valence-corrected chi connectivity index (χ4v) is 2.86. The lowest BCUT2D eigenvalue weighted by molar-refractivity contribution is -0.133. The van der Waals surface area contributed by atoms with E-state index in [1.165, 1.54) is 12.1 Å². The molecule has 0 saturated carbocycles. The largest absolute Gasteiger partial charge is 0.379 e. The normalized spacial score (nSPS) is 17.8. The van der Waals surface area contributed by atoms with Gasteiger partial charge >= 0.3 is 0 Å². The van der Waals surface area contributed by atoms with Crippen LogP contribution in [0.5, 0.6) is 0 Å². The van der Waals surface area contributed by atoms with Gasteiger partial charge in [0.1, 0.15) is 11.9 Å². The average Bonchev–Trinajstić information content (AvgIpc) is 2.63. The molecule has 1 aliphatic rings. The van der Waals surface area contributed by atoms with E-state index in [0.717, 1.165) is 18.7 Å². The van der Waals surface area contributed by atoms with Crippen LogP contribution < -0.4 is 10.6 Å². The first-order valence-electron chi connectivity index (χ1n) is 9.34. The van der Waals surface area contributed by atoms with Gasteiger partial charge in [-0.2, -0.15) is 0 Å². The first-order chi connectivity index (χ1) is 12.7. The number of halogens is 1. The van der Waals surface area contributed by atoms with Gasteiger partial charge in [-0.1, -0.05) is 32.9 Å². The Morgan fingerprint density at radius 3 is 2.33 bits per heavy atom. The number of morpholine rings is 1. The van der Waals surface area contributed by atoms with Gasteiger partial charge in [-0.05, 0) is 24.6 Å². The number of hydrogen-bond donors (Lipinski definition) is 2. The van der Waals surface area contributed by atoms with Crippen molar-refractivity contribution < 1.29 is 18.7 Å². The van der Waals surface area contributed by atoms with Crippen molar-refractivity contribution in [1.82, 2.24) is 15.5 Å². The summed E-state index contributed by atoms with van der Waals surface area (Å²) in [5, 5.41) is 5.66. The summed E-state index contributed by atoms with van der Waals surface area (Å²) in [6, 6.07) is 5.63. The molecule has 2 unspecified atom stereocenters. The van der Waals surface area contributed by atoms with Gasteiger partial charge in [0.15, 0.2) is 0 Å². The molecule has 1 heterocycles. The second-order valence-electron chi connectivity index (χ2n) is 7.91. The summed E-state index contributed by atoms with van der Waals surface area (Å²) in [7, 11) is 0. The molecule has 0 radical (unpaired) electrons. The van der Waals surface area contributed by atoms with Crippen molar-refractivity contribution in [3.63, 3.8) is 0 Å². The Kier molecular flexibility index (Phi) is 7.33. The van der Waals surface area contributed by atoms with Crippen LogP contribution in [0.4, 0.5) is 4.39 Å². The predicted octanol–water partition coefficient (Wildman–Crippen LogP) is 1.87. The Bertz CT molecular complexity index is 637. The maximum Gasteiger partial charge on any atom is 0.242 e. The molecule has 2 atom stereocenters. The topological polar surface area (TPSA) is 70.7 Å². The van der Waals surface area contributed by atoms with Gasteiger partial charge in [-0.3, -0.25) is 14.5 Å². The smallest absolute Gasteiger partial charge is 0.242 e. The minimum atomic E-state index is -0.629. The minimum Gasteiger partial charge on any atom is -0.379 e. The lowest BCUT2D eigenvalue weighted by atomic mass is 9.95. The van der Waals surface area contributed by atoms with Gasteiger partial charge < -0.3 is 15.4 Å². The molecular weight excluding hydrogens is 349 g/mol. The van der Waals surface area contributed by atoms with Gasteiger partial charge in [0.25, 0.3) is 0 Å². The summed E-state index contributed by atoms with van der Waals surface area (Å²) in [5.41, 5.74) is 0.379.